The van der Waals surface area contributed by atoms with Crippen LogP contribution in [0.2, 0.25) is 0 Å². The van der Waals surface area contributed by atoms with Gasteiger partial charge in [0.1, 0.15) is 11.6 Å². The van der Waals surface area contributed by atoms with Crippen LogP contribution in [-0.4, -0.2) is 56.2 Å². The molecule has 160 valence electrons. The number of imidazole rings is 1. The van der Waals surface area contributed by atoms with E-state index in [1.165, 1.54) is 12.1 Å². The molecule has 0 spiro atoms. The second-order valence-electron chi connectivity index (χ2n) is 8.41. The van der Waals surface area contributed by atoms with E-state index in [4.69, 9.17) is 0 Å². The summed E-state index contributed by atoms with van der Waals surface area (Å²) >= 11 is 0. The fourth-order valence-corrected chi connectivity index (χ4v) is 4.63. The van der Waals surface area contributed by atoms with E-state index < -0.39 is 0 Å². The van der Waals surface area contributed by atoms with Crippen molar-refractivity contribution in [2.45, 2.75) is 31.7 Å². The third-order valence-electron chi connectivity index (χ3n) is 6.34. The molecule has 0 radical (unpaired) electrons. The van der Waals surface area contributed by atoms with Crippen molar-refractivity contribution in [3.8, 4) is 0 Å². The third-order valence-corrected chi connectivity index (χ3v) is 6.34. The first-order valence-electron chi connectivity index (χ1n) is 10.7. The maximum atomic E-state index is 13.4. The van der Waals surface area contributed by atoms with Gasteiger partial charge in [0.2, 0.25) is 11.8 Å². The van der Waals surface area contributed by atoms with E-state index in [9.17, 15) is 14.0 Å². The van der Waals surface area contributed by atoms with Gasteiger partial charge in [0.05, 0.1) is 17.0 Å². The molecule has 0 saturated carbocycles. The Morgan fingerprint density at radius 1 is 1.16 bits per heavy atom. The molecule has 31 heavy (non-hydrogen) atoms. The lowest BCUT2D eigenvalue weighted by molar-refractivity contribution is -0.136. The lowest BCUT2D eigenvalue weighted by Crippen LogP contribution is -2.42. The van der Waals surface area contributed by atoms with Crippen LogP contribution in [-0.2, 0) is 16.1 Å². The third kappa shape index (κ3) is 4.02. The van der Waals surface area contributed by atoms with Gasteiger partial charge >= 0.3 is 0 Å². The molecule has 0 aliphatic carbocycles. The number of hydrogen-bond acceptors (Lipinski definition) is 4. The van der Waals surface area contributed by atoms with E-state index in [-0.39, 0.29) is 35.9 Å². The molecule has 0 bridgehead atoms. The molecule has 8 heteroatoms. The molecule has 2 aliphatic heterocycles. The number of halogens is 1. The molecule has 2 amide bonds. The first-order chi connectivity index (χ1) is 15.1. The van der Waals surface area contributed by atoms with Crippen molar-refractivity contribution in [1.29, 1.82) is 0 Å². The molecule has 4 heterocycles. The van der Waals surface area contributed by atoms with Crippen LogP contribution in [0.5, 0.6) is 0 Å². The predicted octanol–water partition coefficient (Wildman–Crippen LogP) is 2.85. The zero-order valence-corrected chi connectivity index (χ0v) is 17.1. The number of benzene rings is 1. The lowest BCUT2D eigenvalue weighted by atomic mass is 9.95. The van der Waals surface area contributed by atoms with Crippen molar-refractivity contribution in [2.75, 3.05) is 19.6 Å². The second kappa shape index (κ2) is 8.09. The van der Waals surface area contributed by atoms with E-state index >= 15 is 0 Å². The number of carbonyl (C=O) groups is 2. The van der Waals surface area contributed by atoms with Gasteiger partial charge in [0.15, 0.2) is 0 Å². The molecule has 3 aromatic rings. The van der Waals surface area contributed by atoms with Crippen molar-refractivity contribution >= 4 is 22.8 Å². The van der Waals surface area contributed by atoms with Crippen molar-refractivity contribution in [2.24, 2.45) is 5.92 Å². The number of carbonyl (C=O) groups excluding carboxylic acids is 2. The Bertz CT molecular complexity index is 1110. The number of rotatable bonds is 4. The summed E-state index contributed by atoms with van der Waals surface area (Å²) in [5.41, 5.74) is 2.48. The van der Waals surface area contributed by atoms with E-state index in [1.54, 1.807) is 23.4 Å². The summed E-state index contributed by atoms with van der Waals surface area (Å²) in [6, 6.07) is 8.33. The van der Waals surface area contributed by atoms with Crippen LogP contribution in [0.4, 0.5) is 4.39 Å². The van der Waals surface area contributed by atoms with Crippen molar-refractivity contribution < 1.29 is 14.0 Å². The molecule has 2 aromatic heterocycles. The zero-order chi connectivity index (χ0) is 21.4. The molecular formula is C23H24FN5O2. The van der Waals surface area contributed by atoms with Gasteiger partial charge in [-0.05, 0) is 48.7 Å². The fraction of sp³-hybridized carbons (Fsp3) is 0.391. The van der Waals surface area contributed by atoms with E-state index in [2.05, 4.69) is 15.0 Å². The predicted molar refractivity (Wildman–Crippen MR) is 112 cm³/mol. The highest BCUT2D eigenvalue weighted by molar-refractivity contribution is 5.89. The Morgan fingerprint density at radius 2 is 1.94 bits per heavy atom. The van der Waals surface area contributed by atoms with Gasteiger partial charge in [-0.15, -0.1) is 0 Å². The quantitative estimate of drug-likeness (QED) is 0.702. The first-order valence-corrected chi connectivity index (χ1v) is 10.7. The summed E-state index contributed by atoms with van der Waals surface area (Å²) in [7, 11) is 0. The normalized spacial score (nSPS) is 20.0. The van der Waals surface area contributed by atoms with Gasteiger partial charge in [-0.3, -0.25) is 14.6 Å². The summed E-state index contributed by atoms with van der Waals surface area (Å²) in [6.07, 6.45) is 5.30. The summed E-state index contributed by atoms with van der Waals surface area (Å²) in [5.74, 6) is 0.600. The molecule has 1 atom stereocenters. The maximum absolute atomic E-state index is 13.4. The highest BCUT2D eigenvalue weighted by Gasteiger charge is 2.37. The van der Waals surface area contributed by atoms with Gasteiger partial charge in [-0.1, -0.05) is 0 Å². The first kappa shape index (κ1) is 19.7. The van der Waals surface area contributed by atoms with Gasteiger partial charge < -0.3 is 14.8 Å². The van der Waals surface area contributed by atoms with Crippen molar-refractivity contribution in [3.05, 3.63) is 59.9 Å². The molecule has 2 aliphatic rings. The number of likely N-dealkylation sites (tertiary alicyclic amines) is 2. The minimum atomic E-state index is -0.285. The Labute approximate surface area is 179 Å². The number of piperidine rings is 1. The van der Waals surface area contributed by atoms with E-state index in [0.29, 0.717) is 31.7 Å². The Hall–Kier alpha value is -3.29. The van der Waals surface area contributed by atoms with Gasteiger partial charge in [-0.25, -0.2) is 9.37 Å². The number of aromatic amines is 1. The number of nitrogens with zero attached hydrogens (tertiary/aromatic N) is 4. The minimum absolute atomic E-state index is 0.0274. The summed E-state index contributed by atoms with van der Waals surface area (Å²) in [4.78, 5) is 40.9. The van der Waals surface area contributed by atoms with Crippen LogP contribution in [0.15, 0.2) is 42.7 Å². The van der Waals surface area contributed by atoms with Crippen LogP contribution in [0.25, 0.3) is 11.0 Å². The number of nitrogens with one attached hydrogen (secondary N) is 1. The number of hydrogen-bond donors (Lipinski definition) is 1. The Kier molecular flexibility index (Phi) is 5.13. The molecule has 2 fully saturated rings. The largest absolute Gasteiger partial charge is 0.342 e. The molecule has 1 unspecified atom stereocenters. The van der Waals surface area contributed by atoms with Crippen molar-refractivity contribution in [3.63, 3.8) is 0 Å². The topological polar surface area (TPSA) is 82.2 Å². The van der Waals surface area contributed by atoms with Gasteiger partial charge in [0.25, 0.3) is 0 Å². The molecule has 5 rings (SSSR count). The Balaban J connectivity index is 1.18. The maximum Gasteiger partial charge on any atom is 0.227 e. The average molecular weight is 421 g/mol. The monoisotopic (exact) mass is 421 g/mol. The van der Waals surface area contributed by atoms with E-state index in [1.807, 2.05) is 17.0 Å². The SMILES string of the molecule is O=C1CC(C(=O)N2CCC(c3nc4ccc(F)cc4[nH]3)CC2)CN1Cc1ccncc1. The standard InChI is InChI=1S/C23H24FN5O2/c24-18-1-2-19-20(12-18)27-22(26-19)16-5-9-28(10-6-16)23(31)17-11-21(30)29(14-17)13-15-3-7-25-8-4-15/h1-4,7-8,12,16-17H,5-6,9-11,13-14H2,(H,26,27). The van der Waals surface area contributed by atoms with Crippen LogP contribution in [0, 0.1) is 11.7 Å². The number of fused-ring (bicyclic) bond motifs is 1. The number of pyridine rings is 1. The molecule has 7 nitrogen and oxygen atoms in total. The Morgan fingerprint density at radius 3 is 2.71 bits per heavy atom. The average Bonchev–Trinajstić information content (AvgIpc) is 3.37. The summed E-state index contributed by atoms with van der Waals surface area (Å²) < 4.78 is 13.4. The smallest absolute Gasteiger partial charge is 0.227 e. The van der Waals surface area contributed by atoms with Crippen LogP contribution < -0.4 is 0 Å². The molecule has 1 aromatic carbocycles. The van der Waals surface area contributed by atoms with Crippen LogP contribution >= 0.6 is 0 Å². The molecule has 1 N–H and O–H groups in total. The summed E-state index contributed by atoms with van der Waals surface area (Å²) in [5, 5.41) is 0. The highest BCUT2D eigenvalue weighted by Crippen LogP contribution is 2.30. The van der Waals surface area contributed by atoms with Crippen LogP contribution in [0.3, 0.4) is 0 Å². The lowest BCUT2D eigenvalue weighted by Gasteiger charge is -2.32. The summed E-state index contributed by atoms with van der Waals surface area (Å²) in [6.45, 7) is 2.27. The van der Waals surface area contributed by atoms with E-state index in [0.717, 1.165) is 29.7 Å². The molecular weight excluding hydrogens is 397 g/mol. The number of aromatic nitrogens is 3. The second-order valence-corrected chi connectivity index (χ2v) is 8.41. The fourth-order valence-electron chi connectivity index (χ4n) is 4.63. The number of amides is 2. The van der Waals surface area contributed by atoms with Gasteiger partial charge in [-0.2, -0.15) is 0 Å². The van der Waals surface area contributed by atoms with Crippen LogP contribution in [0.1, 0.15) is 36.6 Å². The highest BCUT2D eigenvalue weighted by atomic mass is 19.1. The molecule has 2 saturated heterocycles. The van der Waals surface area contributed by atoms with Crippen molar-refractivity contribution in [1.82, 2.24) is 24.8 Å². The number of H-pyrrole nitrogens is 1. The zero-order valence-electron chi connectivity index (χ0n) is 17.1. The van der Waals surface area contributed by atoms with Gasteiger partial charge in [0, 0.05) is 50.9 Å². The minimum Gasteiger partial charge on any atom is -0.342 e.